The highest BCUT2D eigenvalue weighted by atomic mass is 32.1. The maximum absolute atomic E-state index is 14.0. The molecule has 0 spiro atoms. The predicted molar refractivity (Wildman–Crippen MR) is 129 cm³/mol. The summed E-state index contributed by atoms with van der Waals surface area (Å²) in [6.45, 7) is 8.42. The predicted octanol–water partition coefficient (Wildman–Crippen LogP) is 4.93. The zero-order chi connectivity index (χ0) is 23.7. The van der Waals surface area contributed by atoms with Gasteiger partial charge in [-0.15, -0.1) is 0 Å². The van der Waals surface area contributed by atoms with E-state index in [0.717, 1.165) is 54.5 Å². The van der Waals surface area contributed by atoms with Gasteiger partial charge in [0.1, 0.15) is 4.88 Å². The number of anilines is 1. The summed E-state index contributed by atoms with van der Waals surface area (Å²) in [7, 11) is 1.86. The van der Waals surface area contributed by atoms with Crippen LogP contribution in [0.4, 0.5) is 5.13 Å². The summed E-state index contributed by atoms with van der Waals surface area (Å²) in [6, 6.07) is 1.94. The molecule has 0 radical (unpaired) electrons. The summed E-state index contributed by atoms with van der Waals surface area (Å²) in [6.07, 6.45) is 5.09. The molecule has 176 valence electrons. The number of aromatic nitrogens is 4. The Morgan fingerprint density at radius 3 is 2.61 bits per heavy atom. The van der Waals surface area contributed by atoms with E-state index in [-0.39, 0.29) is 5.91 Å². The molecule has 0 unspecified atom stereocenters. The lowest BCUT2D eigenvalue weighted by Gasteiger charge is -2.21. The van der Waals surface area contributed by atoms with E-state index >= 15 is 0 Å². The van der Waals surface area contributed by atoms with E-state index in [2.05, 4.69) is 17.0 Å². The summed E-state index contributed by atoms with van der Waals surface area (Å²) in [5, 5.41) is 5.84. The fourth-order valence-corrected chi connectivity index (χ4v) is 5.04. The Morgan fingerprint density at radius 1 is 1.18 bits per heavy atom. The first kappa shape index (κ1) is 23.4. The number of hydrogen-bond acceptors (Lipinski definition) is 7. The highest BCUT2D eigenvalue weighted by molar-refractivity contribution is 7.17. The minimum absolute atomic E-state index is 0.124. The zero-order valence-electron chi connectivity index (χ0n) is 20.0. The smallest absolute Gasteiger partial charge is 0.350 e. The molecule has 33 heavy (non-hydrogen) atoms. The Labute approximate surface area is 198 Å². The van der Waals surface area contributed by atoms with Crippen molar-refractivity contribution in [2.75, 3.05) is 18.1 Å². The van der Waals surface area contributed by atoms with Gasteiger partial charge in [0, 0.05) is 25.2 Å². The van der Waals surface area contributed by atoms with Gasteiger partial charge in [0.15, 0.2) is 10.8 Å². The minimum Gasteiger partial charge on any atom is -0.462 e. The van der Waals surface area contributed by atoms with Crippen molar-refractivity contribution < 1.29 is 14.3 Å². The number of aryl methyl sites for hydroxylation is 3. The molecule has 1 aliphatic carbocycles. The number of rotatable bonds is 9. The molecule has 3 heterocycles. The summed E-state index contributed by atoms with van der Waals surface area (Å²) in [5.74, 6) is -0.118. The number of carbonyl (C=O) groups excluding carboxylic acids is 2. The van der Waals surface area contributed by atoms with Crippen LogP contribution < -0.4 is 4.90 Å². The minimum atomic E-state index is -0.398. The summed E-state index contributed by atoms with van der Waals surface area (Å²) < 4.78 is 6.93. The van der Waals surface area contributed by atoms with Crippen molar-refractivity contribution >= 4 is 39.4 Å². The molecule has 0 bridgehead atoms. The third-order valence-corrected chi connectivity index (χ3v) is 7.08. The number of amides is 1. The maximum atomic E-state index is 14.0. The van der Waals surface area contributed by atoms with Gasteiger partial charge in [-0.05, 0) is 46.1 Å². The van der Waals surface area contributed by atoms with Crippen molar-refractivity contribution in [1.82, 2.24) is 19.7 Å². The van der Waals surface area contributed by atoms with Crippen LogP contribution in [0.5, 0.6) is 0 Å². The average Bonchev–Trinajstić information content (AvgIpc) is 3.51. The number of nitrogens with zero attached hydrogens (tertiary/aromatic N) is 5. The quantitative estimate of drug-likeness (QED) is 0.326. The SMILES string of the molecule is CCCCCN(C(=O)c1cc(C2CC2)nc2c1c(C)nn2C)c1nc(C)c(C(=O)OCC)s1. The molecule has 3 aromatic heterocycles. The molecule has 1 saturated carbocycles. The molecule has 0 atom stereocenters. The number of ether oxygens (including phenoxy) is 1. The lowest BCUT2D eigenvalue weighted by molar-refractivity contribution is 0.0531. The van der Waals surface area contributed by atoms with E-state index in [1.807, 2.05) is 20.0 Å². The maximum Gasteiger partial charge on any atom is 0.350 e. The van der Waals surface area contributed by atoms with Crippen LogP contribution in [-0.4, -0.2) is 44.8 Å². The Kier molecular flexibility index (Phi) is 6.78. The average molecular weight is 470 g/mol. The van der Waals surface area contributed by atoms with E-state index in [1.165, 1.54) is 11.3 Å². The highest BCUT2D eigenvalue weighted by Gasteiger charge is 2.31. The van der Waals surface area contributed by atoms with Crippen LogP contribution in [0.3, 0.4) is 0 Å². The third-order valence-electron chi connectivity index (χ3n) is 5.92. The molecule has 0 aliphatic heterocycles. The lowest BCUT2D eigenvalue weighted by atomic mass is 10.1. The van der Waals surface area contributed by atoms with E-state index in [0.29, 0.717) is 40.3 Å². The van der Waals surface area contributed by atoms with Crippen LogP contribution in [0, 0.1) is 13.8 Å². The molecular weight excluding hydrogens is 438 g/mol. The number of esters is 1. The molecule has 4 rings (SSSR count). The Bertz CT molecular complexity index is 1190. The van der Waals surface area contributed by atoms with Gasteiger partial charge >= 0.3 is 5.97 Å². The van der Waals surface area contributed by atoms with Crippen molar-refractivity contribution in [3.63, 3.8) is 0 Å². The first-order valence-electron chi connectivity index (χ1n) is 11.7. The largest absolute Gasteiger partial charge is 0.462 e. The van der Waals surface area contributed by atoms with Crippen LogP contribution in [-0.2, 0) is 11.8 Å². The second-order valence-electron chi connectivity index (χ2n) is 8.57. The van der Waals surface area contributed by atoms with Gasteiger partial charge in [-0.1, -0.05) is 31.1 Å². The molecule has 3 aromatic rings. The number of thiazole rings is 1. The first-order chi connectivity index (χ1) is 15.8. The normalized spacial score (nSPS) is 13.5. The van der Waals surface area contributed by atoms with Gasteiger partial charge in [0.2, 0.25) is 0 Å². The first-order valence-corrected chi connectivity index (χ1v) is 12.5. The van der Waals surface area contributed by atoms with Crippen LogP contribution in [0.2, 0.25) is 0 Å². The van der Waals surface area contributed by atoms with Crippen molar-refractivity contribution in [2.24, 2.45) is 7.05 Å². The van der Waals surface area contributed by atoms with Gasteiger partial charge in [-0.25, -0.2) is 14.8 Å². The molecule has 1 fully saturated rings. The lowest BCUT2D eigenvalue weighted by Crippen LogP contribution is -2.32. The molecule has 9 heteroatoms. The van der Waals surface area contributed by atoms with Gasteiger partial charge in [-0.2, -0.15) is 5.10 Å². The third kappa shape index (κ3) is 4.64. The Balaban J connectivity index is 1.79. The monoisotopic (exact) mass is 469 g/mol. The topological polar surface area (TPSA) is 90.2 Å². The number of carbonyl (C=O) groups is 2. The second kappa shape index (κ2) is 9.59. The molecule has 0 saturated heterocycles. The number of fused-ring (bicyclic) bond motifs is 1. The van der Waals surface area contributed by atoms with Gasteiger partial charge in [0.05, 0.1) is 28.9 Å². The van der Waals surface area contributed by atoms with Crippen molar-refractivity contribution in [2.45, 2.75) is 65.7 Å². The standard InChI is InChI=1S/C24H31N5O3S/c1-6-8-9-12-29(24-25-15(4)20(33-24)23(31)32-7-2)22(30)17-13-18(16-10-11-16)26-21-19(17)14(3)27-28(21)5/h13,16H,6-12H2,1-5H3. The Morgan fingerprint density at radius 2 is 1.94 bits per heavy atom. The molecule has 1 amide bonds. The van der Waals surface area contributed by atoms with E-state index < -0.39 is 5.97 Å². The summed E-state index contributed by atoms with van der Waals surface area (Å²) in [4.78, 5) is 38.0. The molecule has 0 N–H and O–H groups in total. The zero-order valence-corrected chi connectivity index (χ0v) is 20.8. The van der Waals surface area contributed by atoms with Crippen LogP contribution in [0.1, 0.15) is 89.0 Å². The molecular formula is C24H31N5O3S. The highest BCUT2D eigenvalue weighted by Crippen LogP contribution is 2.41. The van der Waals surface area contributed by atoms with Crippen LogP contribution in [0.25, 0.3) is 11.0 Å². The summed E-state index contributed by atoms with van der Waals surface area (Å²) >= 11 is 1.22. The number of hydrogen-bond donors (Lipinski definition) is 0. The molecule has 0 aromatic carbocycles. The number of unbranched alkanes of at least 4 members (excludes halogenated alkanes) is 2. The van der Waals surface area contributed by atoms with Crippen molar-refractivity contribution in [1.29, 1.82) is 0 Å². The van der Waals surface area contributed by atoms with E-state index in [9.17, 15) is 9.59 Å². The van der Waals surface area contributed by atoms with Gasteiger partial charge < -0.3 is 4.74 Å². The molecule has 1 aliphatic rings. The summed E-state index contributed by atoms with van der Waals surface area (Å²) in [5.41, 5.74) is 3.65. The fraction of sp³-hybridized carbons (Fsp3) is 0.542. The van der Waals surface area contributed by atoms with Crippen LogP contribution in [0.15, 0.2) is 6.07 Å². The van der Waals surface area contributed by atoms with E-state index in [4.69, 9.17) is 9.72 Å². The van der Waals surface area contributed by atoms with Gasteiger partial charge in [0.25, 0.3) is 5.91 Å². The Hall–Kier alpha value is -2.81. The van der Waals surface area contributed by atoms with Crippen molar-refractivity contribution in [3.05, 3.63) is 33.6 Å². The second-order valence-corrected chi connectivity index (χ2v) is 9.55. The molecule has 8 nitrogen and oxygen atoms in total. The fourth-order valence-electron chi connectivity index (χ4n) is 4.05. The van der Waals surface area contributed by atoms with Gasteiger partial charge in [-0.3, -0.25) is 14.4 Å². The van der Waals surface area contributed by atoms with Crippen molar-refractivity contribution in [3.8, 4) is 0 Å². The van der Waals surface area contributed by atoms with E-state index in [1.54, 1.807) is 23.4 Å². The number of pyridine rings is 1. The van der Waals surface area contributed by atoms with Crippen LogP contribution >= 0.6 is 11.3 Å².